The van der Waals surface area contributed by atoms with Crippen LogP contribution in [0.3, 0.4) is 0 Å². The van der Waals surface area contributed by atoms with E-state index in [1.807, 2.05) is 72.2 Å². The lowest BCUT2D eigenvalue weighted by Gasteiger charge is -2.18. The molecule has 2 aromatic heterocycles. The van der Waals surface area contributed by atoms with Gasteiger partial charge in [-0.25, -0.2) is 0 Å². The van der Waals surface area contributed by atoms with Crippen LogP contribution in [0.2, 0.25) is 0 Å². The first-order chi connectivity index (χ1) is 13.8. The van der Waals surface area contributed by atoms with Crippen LogP contribution in [-0.2, 0) is 11.3 Å². The largest absolute Gasteiger partial charge is 0.351 e. The molecule has 1 amide bonds. The molecule has 2 heterocycles. The van der Waals surface area contributed by atoms with Crippen molar-refractivity contribution in [1.82, 2.24) is 10.3 Å². The molecule has 4 aromatic rings. The third-order valence-electron chi connectivity index (χ3n) is 4.64. The molecule has 28 heavy (non-hydrogen) atoms. The smallest absolute Gasteiger partial charge is 0.232 e. The van der Waals surface area contributed by atoms with Crippen LogP contribution in [0.4, 0.5) is 0 Å². The molecule has 4 heteroatoms. The van der Waals surface area contributed by atoms with E-state index in [0.29, 0.717) is 6.54 Å². The number of pyridine rings is 1. The Balaban J connectivity index is 1.53. The summed E-state index contributed by atoms with van der Waals surface area (Å²) in [7, 11) is 0. The molecule has 3 nitrogen and oxygen atoms in total. The maximum atomic E-state index is 13.1. The number of carbonyl (C=O) groups excluding carboxylic acids is 1. The number of rotatable bonds is 6. The van der Waals surface area contributed by atoms with Gasteiger partial charge in [0.1, 0.15) is 0 Å². The van der Waals surface area contributed by atoms with E-state index in [1.54, 1.807) is 17.5 Å². The van der Waals surface area contributed by atoms with Gasteiger partial charge in [-0.2, -0.15) is 11.3 Å². The van der Waals surface area contributed by atoms with Crippen molar-refractivity contribution in [3.05, 3.63) is 113 Å². The Morgan fingerprint density at radius 3 is 2.18 bits per heavy atom. The second kappa shape index (κ2) is 8.63. The maximum Gasteiger partial charge on any atom is 0.232 e. The standard InChI is InChI=1S/C24H20N2OS/c27-24(23(19-7-3-1-4-8-19)20-9-5-2-6-10-20)26-15-18-13-22(16-25-14-18)21-11-12-28-17-21/h1-14,16-17,23H,15H2,(H,26,27). The minimum Gasteiger partial charge on any atom is -0.351 e. The van der Waals surface area contributed by atoms with Crippen LogP contribution in [0.5, 0.6) is 0 Å². The number of nitrogens with one attached hydrogen (secondary N) is 1. The van der Waals surface area contributed by atoms with Crippen LogP contribution in [0.25, 0.3) is 11.1 Å². The highest BCUT2D eigenvalue weighted by Crippen LogP contribution is 2.25. The molecular weight excluding hydrogens is 364 g/mol. The van der Waals surface area contributed by atoms with Crippen LogP contribution >= 0.6 is 11.3 Å². The number of amides is 1. The van der Waals surface area contributed by atoms with E-state index in [0.717, 1.165) is 27.8 Å². The van der Waals surface area contributed by atoms with E-state index in [4.69, 9.17) is 0 Å². The summed E-state index contributed by atoms with van der Waals surface area (Å²) in [5.41, 5.74) is 5.16. The van der Waals surface area contributed by atoms with E-state index >= 15 is 0 Å². The lowest BCUT2D eigenvalue weighted by atomic mass is 9.90. The molecule has 0 bridgehead atoms. The molecule has 0 atom stereocenters. The average molecular weight is 385 g/mol. The summed E-state index contributed by atoms with van der Waals surface area (Å²) in [5.74, 6) is -0.353. The van der Waals surface area contributed by atoms with Gasteiger partial charge < -0.3 is 5.32 Å². The first-order valence-electron chi connectivity index (χ1n) is 9.15. The summed E-state index contributed by atoms with van der Waals surface area (Å²) < 4.78 is 0. The number of carbonyl (C=O) groups is 1. The molecule has 0 aliphatic carbocycles. The highest BCUT2D eigenvalue weighted by molar-refractivity contribution is 7.08. The Morgan fingerprint density at radius 1 is 0.893 bits per heavy atom. The van der Waals surface area contributed by atoms with Crippen LogP contribution < -0.4 is 5.32 Å². The summed E-state index contributed by atoms with van der Waals surface area (Å²) in [4.78, 5) is 17.4. The molecule has 1 N–H and O–H groups in total. The van der Waals surface area contributed by atoms with Gasteiger partial charge in [0, 0.05) is 24.5 Å². The van der Waals surface area contributed by atoms with Gasteiger partial charge in [-0.15, -0.1) is 0 Å². The molecule has 0 unspecified atom stereocenters. The Bertz CT molecular complexity index is 991. The summed E-state index contributed by atoms with van der Waals surface area (Å²) in [5, 5.41) is 7.24. The molecule has 0 saturated carbocycles. The monoisotopic (exact) mass is 384 g/mol. The Labute approximate surface area is 168 Å². The number of benzene rings is 2. The van der Waals surface area contributed by atoms with Gasteiger partial charge in [0.2, 0.25) is 5.91 Å². The highest BCUT2D eigenvalue weighted by atomic mass is 32.1. The number of thiophene rings is 1. The normalized spacial score (nSPS) is 10.8. The Hall–Kier alpha value is -3.24. The van der Waals surface area contributed by atoms with Crippen LogP contribution in [-0.4, -0.2) is 10.9 Å². The van der Waals surface area contributed by atoms with E-state index in [1.165, 1.54) is 0 Å². The molecule has 0 aliphatic rings. The molecule has 0 saturated heterocycles. The van der Waals surface area contributed by atoms with Crippen molar-refractivity contribution in [3.8, 4) is 11.1 Å². The van der Waals surface area contributed by atoms with Crippen molar-refractivity contribution in [2.24, 2.45) is 0 Å². The minimum atomic E-state index is -0.338. The lowest BCUT2D eigenvalue weighted by Crippen LogP contribution is -2.29. The number of nitrogens with zero attached hydrogens (tertiary/aromatic N) is 1. The number of hydrogen-bond donors (Lipinski definition) is 1. The van der Waals surface area contributed by atoms with Crippen LogP contribution in [0.15, 0.2) is 96.0 Å². The quantitative estimate of drug-likeness (QED) is 0.493. The van der Waals surface area contributed by atoms with Crippen molar-refractivity contribution >= 4 is 17.2 Å². The van der Waals surface area contributed by atoms with E-state index in [-0.39, 0.29) is 11.8 Å². The predicted molar refractivity (Wildman–Crippen MR) is 114 cm³/mol. The summed E-state index contributed by atoms with van der Waals surface area (Å²) in [6, 6.07) is 23.9. The van der Waals surface area contributed by atoms with E-state index in [2.05, 4.69) is 27.8 Å². The first-order valence-corrected chi connectivity index (χ1v) is 10.1. The van der Waals surface area contributed by atoms with E-state index < -0.39 is 0 Å². The SMILES string of the molecule is O=C(NCc1cncc(-c2ccsc2)c1)C(c1ccccc1)c1ccccc1. The molecule has 0 radical (unpaired) electrons. The third-order valence-corrected chi connectivity index (χ3v) is 5.33. The fraction of sp³-hybridized carbons (Fsp3) is 0.0833. The predicted octanol–water partition coefficient (Wildman–Crippen LogP) is 5.26. The van der Waals surface area contributed by atoms with Crippen molar-refractivity contribution < 1.29 is 4.79 Å². The van der Waals surface area contributed by atoms with Gasteiger partial charge in [0.25, 0.3) is 0 Å². The zero-order valence-corrected chi connectivity index (χ0v) is 16.1. The van der Waals surface area contributed by atoms with Gasteiger partial charge in [0.15, 0.2) is 0 Å². The lowest BCUT2D eigenvalue weighted by molar-refractivity contribution is -0.121. The topological polar surface area (TPSA) is 42.0 Å². The Morgan fingerprint density at radius 2 is 1.57 bits per heavy atom. The third kappa shape index (κ3) is 4.18. The fourth-order valence-corrected chi connectivity index (χ4v) is 3.91. The second-order valence-corrected chi connectivity index (χ2v) is 7.35. The molecule has 0 spiro atoms. The van der Waals surface area contributed by atoms with Gasteiger partial charge >= 0.3 is 0 Å². The van der Waals surface area contributed by atoms with Gasteiger partial charge in [-0.05, 0) is 45.1 Å². The first kappa shape index (κ1) is 18.1. The number of hydrogen-bond acceptors (Lipinski definition) is 3. The Kier molecular flexibility index (Phi) is 5.59. The minimum absolute atomic E-state index is 0.0154. The van der Waals surface area contributed by atoms with Crippen molar-refractivity contribution in [3.63, 3.8) is 0 Å². The van der Waals surface area contributed by atoms with Crippen molar-refractivity contribution in [2.45, 2.75) is 12.5 Å². The van der Waals surface area contributed by atoms with Gasteiger partial charge in [-0.1, -0.05) is 60.7 Å². The van der Waals surface area contributed by atoms with Crippen LogP contribution in [0, 0.1) is 0 Å². The average Bonchev–Trinajstić information content (AvgIpc) is 3.29. The zero-order valence-electron chi connectivity index (χ0n) is 15.3. The summed E-state index contributed by atoms with van der Waals surface area (Å²) in [6.45, 7) is 0.444. The fourth-order valence-electron chi connectivity index (χ4n) is 3.25. The maximum absolute atomic E-state index is 13.1. The van der Waals surface area contributed by atoms with Crippen LogP contribution in [0.1, 0.15) is 22.6 Å². The second-order valence-electron chi connectivity index (χ2n) is 6.57. The molecule has 0 fully saturated rings. The van der Waals surface area contributed by atoms with Gasteiger partial charge in [-0.3, -0.25) is 9.78 Å². The van der Waals surface area contributed by atoms with Crippen molar-refractivity contribution in [1.29, 1.82) is 0 Å². The van der Waals surface area contributed by atoms with Crippen molar-refractivity contribution in [2.75, 3.05) is 0 Å². The van der Waals surface area contributed by atoms with E-state index in [9.17, 15) is 4.79 Å². The molecular formula is C24H20N2OS. The highest BCUT2D eigenvalue weighted by Gasteiger charge is 2.22. The summed E-state index contributed by atoms with van der Waals surface area (Å²) in [6.07, 6.45) is 3.65. The zero-order chi connectivity index (χ0) is 19.2. The molecule has 4 rings (SSSR count). The molecule has 138 valence electrons. The molecule has 2 aromatic carbocycles. The number of aromatic nitrogens is 1. The van der Waals surface area contributed by atoms with Gasteiger partial charge in [0.05, 0.1) is 5.92 Å². The molecule has 0 aliphatic heterocycles. The summed E-state index contributed by atoms with van der Waals surface area (Å²) >= 11 is 1.66.